The van der Waals surface area contributed by atoms with Crippen molar-refractivity contribution in [2.75, 3.05) is 0 Å². The van der Waals surface area contributed by atoms with Crippen LogP contribution in [0.4, 0.5) is 0 Å². The Hall–Kier alpha value is -1.26. The monoisotopic (exact) mass is 415 g/mol. The smallest absolute Gasteiger partial charge is 2.00 e. The van der Waals surface area contributed by atoms with E-state index in [1.54, 1.807) is 0 Å². The molecule has 4 aromatic carbocycles. The average molecular weight is 414 g/mol. The van der Waals surface area contributed by atoms with Crippen LogP contribution in [0.5, 0.6) is 0 Å². The van der Waals surface area contributed by atoms with Crippen LogP contribution in [0.3, 0.4) is 0 Å². The van der Waals surface area contributed by atoms with Crippen molar-refractivity contribution in [3.05, 3.63) is 83.9 Å². The molecule has 123 valence electrons. The fourth-order valence-corrected chi connectivity index (χ4v) is 2.61. The fourth-order valence-electron chi connectivity index (χ4n) is 2.61. The Bertz CT molecular complexity index is 716. The third-order valence-corrected chi connectivity index (χ3v) is 3.52. The van der Waals surface area contributed by atoms with Gasteiger partial charge in [0.25, 0.3) is 0 Å². The SMILES string of the molecule is Cc1cc2ccccc2[cH-]1.Cc1cc2ccccc2[cH-]1.[CH3][GeH][CH3].[Cr+2]. The molecule has 4 rings (SSSR count). The summed E-state index contributed by atoms with van der Waals surface area (Å²) in [5.74, 6) is 4.56. The maximum absolute atomic E-state index is 2.28. The summed E-state index contributed by atoms with van der Waals surface area (Å²) >= 11 is 0.312. The third-order valence-electron chi connectivity index (χ3n) is 3.52. The molecule has 4 aromatic rings. The minimum atomic E-state index is 0. The van der Waals surface area contributed by atoms with Gasteiger partial charge >= 0.3 is 44.3 Å². The Morgan fingerprint density at radius 3 is 1.33 bits per heavy atom. The summed E-state index contributed by atoms with van der Waals surface area (Å²) in [4.78, 5) is 0. The molecule has 0 spiro atoms. The van der Waals surface area contributed by atoms with E-state index in [2.05, 4.69) is 98.2 Å². The van der Waals surface area contributed by atoms with E-state index in [1.807, 2.05) is 0 Å². The van der Waals surface area contributed by atoms with Gasteiger partial charge in [0.2, 0.25) is 0 Å². The van der Waals surface area contributed by atoms with Crippen molar-refractivity contribution >= 4 is 37.0 Å². The molecule has 0 aliphatic heterocycles. The standard InChI is InChI=1S/2C10H9.C2H7Ge.Cr/c2*1-8-6-9-4-2-3-5-10(9)7-8;1-3-2;/h2*2-7H,1H3;3H,1-2H3;/q2*-1;;+2. The van der Waals surface area contributed by atoms with Crippen LogP contribution in [-0.4, -0.2) is 15.4 Å². The normalized spacial score (nSPS) is 9.50. The van der Waals surface area contributed by atoms with Gasteiger partial charge in [-0.1, -0.05) is 26.0 Å². The number of hydrogen-bond acceptors (Lipinski definition) is 0. The molecule has 0 heterocycles. The van der Waals surface area contributed by atoms with Crippen LogP contribution in [0.25, 0.3) is 21.5 Å². The predicted octanol–water partition coefficient (Wildman–Crippen LogP) is 6.25. The van der Waals surface area contributed by atoms with Gasteiger partial charge in [-0.15, -0.1) is 81.2 Å². The summed E-state index contributed by atoms with van der Waals surface area (Å²) < 4.78 is 0. The van der Waals surface area contributed by atoms with Crippen LogP contribution in [0.15, 0.2) is 72.8 Å². The zero-order chi connectivity index (χ0) is 16.7. The molecule has 0 N–H and O–H groups in total. The molecule has 0 fully saturated rings. The summed E-state index contributed by atoms with van der Waals surface area (Å²) in [6.45, 7) is 4.25. The van der Waals surface area contributed by atoms with Crippen LogP contribution in [-0.2, 0) is 17.4 Å². The quantitative estimate of drug-likeness (QED) is 0.236. The maximum Gasteiger partial charge on any atom is 2.00 e. The van der Waals surface area contributed by atoms with E-state index in [1.165, 1.54) is 32.7 Å². The first-order valence-corrected chi connectivity index (χ1v) is 13.0. The summed E-state index contributed by atoms with van der Waals surface area (Å²) in [5.41, 5.74) is 2.70. The van der Waals surface area contributed by atoms with Gasteiger partial charge in [0, 0.05) is 0 Å². The third kappa shape index (κ3) is 5.98. The van der Waals surface area contributed by atoms with Crippen molar-refractivity contribution in [2.45, 2.75) is 25.4 Å². The first-order valence-electron chi connectivity index (χ1n) is 8.12. The number of hydrogen-bond donors (Lipinski definition) is 0. The zero-order valence-electron chi connectivity index (χ0n) is 14.9. The van der Waals surface area contributed by atoms with Gasteiger partial charge in [0.15, 0.2) is 0 Å². The van der Waals surface area contributed by atoms with Gasteiger partial charge in [-0.05, 0) is 0 Å². The van der Waals surface area contributed by atoms with Crippen molar-refractivity contribution < 1.29 is 17.4 Å². The fraction of sp³-hybridized carbons (Fsp3) is 0.182. The average Bonchev–Trinajstić information content (AvgIpc) is 3.08. The molecule has 1 radical (unpaired) electrons. The van der Waals surface area contributed by atoms with Crippen LogP contribution in [0.1, 0.15) is 11.1 Å². The number of aryl methyl sites for hydroxylation is 2. The predicted molar refractivity (Wildman–Crippen MR) is 107 cm³/mol. The molecule has 0 saturated carbocycles. The second-order valence-corrected chi connectivity index (χ2v) is 8.32. The Morgan fingerprint density at radius 1 is 0.667 bits per heavy atom. The Morgan fingerprint density at radius 2 is 1.00 bits per heavy atom. The molecule has 2 heteroatoms. The molecule has 0 aliphatic rings. The van der Waals surface area contributed by atoms with Gasteiger partial charge in [-0.3, -0.25) is 0 Å². The van der Waals surface area contributed by atoms with Gasteiger partial charge in [-0.25, -0.2) is 0 Å². The van der Waals surface area contributed by atoms with Crippen LogP contribution in [0, 0.1) is 13.8 Å². The van der Waals surface area contributed by atoms with Crippen molar-refractivity contribution in [1.82, 2.24) is 0 Å². The largest absolute Gasteiger partial charge is 2.00 e. The Balaban J connectivity index is 0.000000200. The number of rotatable bonds is 0. The molecular formula is C22H25CrGe. The summed E-state index contributed by atoms with van der Waals surface area (Å²) in [6, 6.07) is 25.7. The summed E-state index contributed by atoms with van der Waals surface area (Å²) in [7, 11) is 0. The molecular weight excluding hydrogens is 389 g/mol. The first-order chi connectivity index (χ1) is 11.1. The van der Waals surface area contributed by atoms with Gasteiger partial charge in [0.05, 0.1) is 0 Å². The minimum Gasteiger partial charge on any atom is 2.00 e. The molecule has 0 aromatic heterocycles. The second kappa shape index (κ2) is 10.6. The van der Waals surface area contributed by atoms with Crippen molar-refractivity contribution in [2.24, 2.45) is 0 Å². The van der Waals surface area contributed by atoms with E-state index < -0.39 is 0 Å². The molecule has 0 bridgehead atoms. The molecule has 0 unspecified atom stereocenters. The Labute approximate surface area is 163 Å². The van der Waals surface area contributed by atoms with Crippen molar-refractivity contribution in [3.8, 4) is 0 Å². The molecule has 0 aliphatic carbocycles. The van der Waals surface area contributed by atoms with E-state index in [0.29, 0.717) is 15.4 Å². The van der Waals surface area contributed by atoms with Crippen LogP contribution in [0.2, 0.25) is 11.5 Å². The molecule has 0 saturated heterocycles. The number of fused-ring (bicyclic) bond motifs is 2. The number of benzene rings is 2. The second-order valence-electron chi connectivity index (χ2n) is 5.90. The van der Waals surface area contributed by atoms with Crippen LogP contribution >= 0.6 is 0 Å². The van der Waals surface area contributed by atoms with Crippen LogP contribution < -0.4 is 0 Å². The van der Waals surface area contributed by atoms with Gasteiger partial charge in [0.1, 0.15) is 0 Å². The molecule has 0 atom stereocenters. The van der Waals surface area contributed by atoms with Gasteiger partial charge < -0.3 is 0 Å². The summed E-state index contributed by atoms with van der Waals surface area (Å²) in [5, 5.41) is 5.39. The topological polar surface area (TPSA) is 0 Å². The van der Waals surface area contributed by atoms with Gasteiger partial charge in [-0.2, -0.15) is 12.1 Å². The summed E-state index contributed by atoms with van der Waals surface area (Å²) in [6.07, 6.45) is 0. The molecule has 24 heavy (non-hydrogen) atoms. The van der Waals surface area contributed by atoms with Crippen molar-refractivity contribution in [1.29, 1.82) is 0 Å². The molecule has 0 amide bonds. The molecule has 0 nitrogen and oxygen atoms in total. The van der Waals surface area contributed by atoms with E-state index in [4.69, 9.17) is 0 Å². The Kier molecular flexibility index (Phi) is 9.15. The first kappa shape index (κ1) is 20.8. The maximum atomic E-state index is 2.28. The van der Waals surface area contributed by atoms with Crippen molar-refractivity contribution in [3.63, 3.8) is 0 Å². The van der Waals surface area contributed by atoms with E-state index in [0.717, 1.165) is 0 Å². The zero-order valence-corrected chi connectivity index (χ0v) is 18.6. The van der Waals surface area contributed by atoms with E-state index in [9.17, 15) is 0 Å². The minimum absolute atomic E-state index is 0. The van der Waals surface area contributed by atoms with E-state index >= 15 is 0 Å². The van der Waals surface area contributed by atoms with E-state index in [-0.39, 0.29) is 17.4 Å².